The summed E-state index contributed by atoms with van der Waals surface area (Å²) in [6.45, 7) is 0. The average molecular weight is 337 g/mol. The van der Waals surface area contributed by atoms with Crippen LogP contribution in [0.5, 0.6) is 0 Å². The third-order valence-electron chi connectivity index (χ3n) is 4.51. The fourth-order valence-electron chi connectivity index (χ4n) is 2.94. The fourth-order valence-corrected chi connectivity index (χ4v) is 2.94. The third kappa shape index (κ3) is 2.96. The van der Waals surface area contributed by atoms with Gasteiger partial charge < -0.3 is 20.1 Å². The van der Waals surface area contributed by atoms with Crippen molar-refractivity contribution in [3.63, 3.8) is 0 Å². The zero-order valence-corrected chi connectivity index (χ0v) is 13.8. The quantitative estimate of drug-likeness (QED) is 0.492. The van der Waals surface area contributed by atoms with Crippen LogP contribution in [0.2, 0.25) is 0 Å². The highest BCUT2D eigenvalue weighted by Gasteiger charge is 2.30. The molecule has 1 unspecified atom stereocenters. The fraction of sp³-hybridized carbons (Fsp3) is 0.263. The van der Waals surface area contributed by atoms with Crippen molar-refractivity contribution in [1.82, 2.24) is 9.97 Å². The molecule has 6 nitrogen and oxygen atoms in total. The molecule has 1 aromatic carbocycles. The van der Waals surface area contributed by atoms with E-state index in [0.717, 1.165) is 24.1 Å². The van der Waals surface area contributed by atoms with E-state index in [-0.39, 0.29) is 5.92 Å². The van der Waals surface area contributed by atoms with Gasteiger partial charge in [-0.05, 0) is 24.5 Å². The van der Waals surface area contributed by atoms with Crippen molar-refractivity contribution < 1.29 is 14.6 Å². The Morgan fingerprint density at radius 2 is 2.12 bits per heavy atom. The van der Waals surface area contributed by atoms with Gasteiger partial charge in [0.05, 0.1) is 18.2 Å². The van der Waals surface area contributed by atoms with Gasteiger partial charge in [-0.3, -0.25) is 0 Å². The first-order chi connectivity index (χ1) is 12.2. The number of rotatable bonds is 5. The molecule has 1 saturated carbocycles. The van der Waals surface area contributed by atoms with Crippen molar-refractivity contribution in [2.24, 2.45) is 5.92 Å². The second-order valence-electron chi connectivity index (χ2n) is 6.28. The predicted octanol–water partition coefficient (Wildman–Crippen LogP) is 3.16. The van der Waals surface area contributed by atoms with Gasteiger partial charge in [-0.1, -0.05) is 30.3 Å². The Kier molecular flexibility index (Phi) is 3.89. The summed E-state index contributed by atoms with van der Waals surface area (Å²) in [5.41, 5.74) is 2.95. The molecule has 4 rings (SSSR count). The Balaban J connectivity index is 1.83. The number of H-pyrrole nitrogens is 1. The number of pyridine rings is 1. The summed E-state index contributed by atoms with van der Waals surface area (Å²) in [5.74, 6) is 0.357. The smallest absolute Gasteiger partial charge is 0.340 e. The Morgan fingerprint density at radius 3 is 2.80 bits per heavy atom. The lowest BCUT2D eigenvalue weighted by Crippen LogP contribution is -2.21. The number of methoxy groups -OCH3 is 1. The van der Waals surface area contributed by atoms with E-state index in [4.69, 9.17) is 4.74 Å². The molecule has 0 radical (unpaired) electrons. The lowest BCUT2D eigenvalue weighted by Gasteiger charge is -2.13. The lowest BCUT2D eigenvalue weighted by atomic mass is 10.1. The molecule has 0 bridgehead atoms. The van der Waals surface area contributed by atoms with Crippen molar-refractivity contribution in [3.8, 4) is 11.3 Å². The Hall–Kier alpha value is -2.86. The molecule has 3 N–H and O–H groups in total. The number of carbonyl (C=O) groups excluding carboxylic acids is 1. The zero-order chi connectivity index (χ0) is 17.4. The highest BCUT2D eigenvalue weighted by Crippen LogP contribution is 2.35. The number of benzene rings is 1. The van der Waals surface area contributed by atoms with Gasteiger partial charge in [0, 0.05) is 23.2 Å². The molecule has 0 aliphatic heterocycles. The van der Waals surface area contributed by atoms with Crippen LogP contribution in [0.25, 0.3) is 22.2 Å². The van der Waals surface area contributed by atoms with E-state index in [9.17, 15) is 9.90 Å². The van der Waals surface area contributed by atoms with Crippen LogP contribution in [0.1, 0.15) is 23.2 Å². The minimum atomic E-state index is -0.636. The van der Waals surface area contributed by atoms with Crippen LogP contribution in [0.4, 0.5) is 5.82 Å². The lowest BCUT2D eigenvalue weighted by molar-refractivity contribution is 0.0602. The van der Waals surface area contributed by atoms with Crippen LogP contribution in [-0.2, 0) is 4.74 Å². The van der Waals surface area contributed by atoms with E-state index in [1.165, 1.54) is 13.3 Å². The molecule has 1 aliphatic carbocycles. The van der Waals surface area contributed by atoms with Crippen LogP contribution in [0.3, 0.4) is 0 Å². The number of carbonyl (C=O) groups is 1. The Bertz CT molecular complexity index is 916. The van der Waals surface area contributed by atoms with Gasteiger partial charge in [0.15, 0.2) is 5.82 Å². The van der Waals surface area contributed by atoms with E-state index in [1.807, 2.05) is 36.4 Å². The van der Waals surface area contributed by atoms with E-state index in [1.54, 1.807) is 0 Å². The second kappa shape index (κ2) is 6.22. The summed E-state index contributed by atoms with van der Waals surface area (Å²) in [6.07, 6.45) is 2.87. The number of nitrogens with one attached hydrogen (secondary N) is 2. The summed E-state index contributed by atoms with van der Waals surface area (Å²) in [5, 5.41) is 14.0. The van der Waals surface area contributed by atoms with Crippen molar-refractivity contribution >= 4 is 22.7 Å². The van der Waals surface area contributed by atoms with Gasteiger partial charge in [0.25, 0.3) is 0 Å². The maximum Gasteiger partial charge on any atom is 0.340 e. The summed E-state index contributed by atoms with van der Waals surface area (Å²) in [7, 11) is 1.35. The van der Waals surface area contributed by atoms with Crippen LogP contribution in [0.15, 0.2) is 42.6 Å². The van der Waals surface area contributed by atoms with E-state index in [2.05, 4.69) is 15.3 Å². The summed E-state index contributed by atoms with van der Waals surface area (Å²) in [4.78, 5) is 19.7. The largest absolute Gasteiger partial charge is 0.465 e. The topological polar surface area (TPSA) is 87.2 Å². The summed E-state index contributed by atoms with van der Waals surface area (Å²) < 4.78 is 4.87. The van der Waals surface area contributed by atoms with Gasteiger partial charge in [-0.2, -0.15) is 0 Å². The molecule has 128 valence electrons. The molecule has 1 atom stereocenters. The molecule has 2 heterocycles. The number of fused-ring (bicyclic) bond motifs is 1. The number of ether oxygens (including phenoxy) is 1. The van der Waals surface area contributed by atoms with Gasteiger partial charge in [0.1, 0.15) is 6.23 Å². The highest BCUT2D eigenvalue weighted by molar-refractivity contribution is 6.07. The molecule has 6 heteroatoms. The van der Waals surface area contributed by atoms with Gasteiger partial charge in [-0.25, -0.2) is 9.78 Å². The summed E-state index contributed by atoms with van der Waals surface area (Å²) in [6, 6.07) is 11.7. The van der Waals surface area contributed by atoms with E-state index >= 15 is 0 Å². The molecule has 0 spiro atoms. The highest BCUT2D eigenvalue weighted by atomic mass is 16.5. The number of hydrogen-bond donors (Lipinski definition) is 3. The van der Waals surface area contributed by atoms with Crippen molar-refractivity contribution in [2.75, 3.05) is 12.4 Å². The molecule has 2 aromatic heterocycles. The maximum atomic E-state index is 12.1. The number of aromatic nitrogens is 2. The van der Waals surface area contributed by atoms with Crippen molar-refractivity contribution in [3.05, 3.63) is 48.2 Å². The van der Waals surface area contributed by atoms with Crippen LogP contribution in [0, 0.1) is 5.92 Å². The first-order valence-corrected chi connectivity index (χ1v) is 8.27. The maximum absolute atomic E-state index is 12.1. The number of nitrogens with zero attached hydrogens (tertiary/aromatic N) is 1. The van der Waals surface area contributed by atoms with Crippen molar-refractivity contribution in [1.29, 1.82) is 0 Å². The minimum absolute atomic E-state index is 0.265. The molecule has 0 saturated heterocycles. The number of anilines is 1. The minimum Gasteiger partial charge on any atom is -0.465 e. The Labute approximate surface area is 144 Å². The van der Waals surface area contributed by atoms with Crippen LogP contribution in [-0.4, -0.2) is 34.4 Å². The second-order valence-corrected chi connectivity index (χ2v) is 6.28. The van der Waals surface area contributed by atoms with Gasteiger partial charge >= 0.3 is 5.97 Å². The van der Waals surface area contributed by atoms with E-state index < -0.39 is 12.2 Å². The number of aliphatic hydroxyl groups excluding tert-OH is 1. The third-order valence-corrected chi connectivity index (χ3v) is 4.51. The number of hydrogen-bond acceptors (Lipinski definition) is 5. The molecule has 25 heavy (non-hydrogen) atoms. The first kappa shape index (κ1) is 15.7. The zero-order valence-electron chi connectivity index (χ0n) is 13.8. The molecule has 0 amide bonds. The molecular weight excluding hydrogens is 318 g/mol. The molecule has 3 aromatic rings. The average Bonchev–Trinajstić information content (AvgIpc) is 3.40. The van der Waals surface area contributed by atoms with Crippen molar-refractivity contribution in [2.45, 2.75) is 19.1 Å². The van der Waals surface area contributed by atoms with Crippen LogP contribution < -0.4 is 5.32 Å². The van der Waals surface area contributed by atoms with Crippen LogP contribution >= 0.6 is 0 Å². The first-order valence-electron chi connectivity index (χ1n) is 8.27. The Morgan fingerprint density at radius 1 is 1.36 bits per heavy atom. The number of aromatic amines is 1. The standard InChI is InChI=1S/C19H19N3O3/c1-25-19(24)14-10-20-17(22-18(23)12-7-8-12)16-13(14)9-15(21-16)11-5-3-2-4-6-11/h2-6,9-10,12,18,21,23H,7-8H2,1H3,(H,20,22). The monoisotopic (exact) mass is 337 g/mol. The van der Waals surface area contributed by atoms with Gasteiger partial charge in [0.2, 0.25) is 0 Å². The van der Waals surface area contributed by atoms with Gasteiger partial charge in [-0.15, -0.1) is 0 Å². The number of aliphatic hydroxyl groups is 1. The molecular formula is C19H19N3O3. The molecule has 1 fully saturated rings. The number of esters is 1. The predicted molar refractivity (Wildman–Crippen MR) is 95.2 cm³/mol. The van der Waals surface area contributed by atoms with E-state index in [0.29, 0.717) is 22.3 Å². The summed E-state index contributed by atoms with van der Waals surface area (Å²) >= 11 is 0. The molecule has 1 aliphatic rings. The normalized spacial score (nSPS) is 15.1. The SMILES string of the molecule is COC(=O)c1cnc(NC(O)C2CC2)c2[nH]c(-c3ccccc3)cc12.